The third-order valence-electron chi connectivity index (χ3n) is 3.27. The molecule has 0 aliphatic heterocycles. The summed E-state index contributed by atoms with van der Waals surface area (Å²) in [6.07, 6.45) is 0.894. The van der Waals surface area contributed by atoms with Crippen LogP contribution in [0.25, 0.3) is 0 Å². The van der Waals surface area contributed by atoms with Gasteiger partial charge in [0.15, 0.2) is 0 Å². The van der Waals surface area contributed by atoms with E-state index in [1.54, 1.807) is 11.9 Å². The first-order valence-corrected chi connectivity index (χ1v) is 6.55. The summed E-state index contributed by atoms with van der Waals surface area (Å²) in [7, 11) is 1.73. The summed E-state index contributed by atoms with van der Waals surface area (Å²) < 4.78 is 0. The Bertz CT molecular complexity index is 514. The first-order chi connectivity index (χ1) is 9.23. The number of nitrogen functional groups attached to an aromatic ring is 1. The number of nitro groups is 1. The summed E-state index contributed by atoms with van der Waals surface area (Å²) in [6.45, 7) is 6.17. The first-order valence-electron chi connectivity index (χ1n) is 6.55. The van der Waals surface area contributed by atoms with Crippen LogP contribution < -0.4 is 5.73 Å². The van der Waals surface area contributed by atoms with Crippen molar-refractivity contribution in [1.29, 1.82) is 0 Å². The number of nitrogens with zero attached hydrogens (tertiary/aromatic N) is 2. The van der Waals surface area contributed by atoms with Crippen molar-refractivity contribution >= 4 is 17.3 Å². The largest absolute Gasteiger partial charge is 0.393 e. The minimum atomic E-state index is -0.561. The Morgan fingerprint density at radius 2 is 2.00 bits per heavy atom. The molecule has 0 heterocycles. The van der Waals surface area contributed by atoms with Crippen molar-refractivity contribution in [1.82, 2.24) is 4.90 Å². The zero-order valence-corrected chi connectivity index (χ0v) is 12.3. The maximum absolute atomic E-state index is 12.3. The van der Waals surface area contributed by atoms with E-state index in [0.29, 0.717) is 11.5 Å². The molecule has 0 saturated carbocycles. The van der Waals surface area contributed by atoms with E-state index in [4.69, 9.17) is 5.73 Å². The van der Waals surface area contributed by atoms with E-state index in [-0.39, 0.29) is 23.3 Å². The molecule has 20 heavy (non-hydrogen) atoms. The smallest absolute Gasteiger partial charge is 0.292 e. The second kappa shape index (κ2) is 6.36. The lowest BCUT2D eigenvalue weighted by Gasteiger charge is -2.26. The lowest BCUT2D eigenvalue weighted by Crippen LogP contribution is -2.35. The van der Waals surface area contributed by atoms with E-state index in [1.165, 1.54) is 18.2 Å². The molecule has 1 aromatic carbocycles. The molecule has 0 aliphatic carbocycles. The summed E-state index contributed by atoms with van der Waals surface area (Å²) in [6, 6.07) is 4.16. The molecule has 0 aromatic heterocycles. The molecule has 1 unspecified atom stereocenters. The number of hydrogen-bond donors (Lipinski definition) is 1. The van der Waals surface area contributed by atoms with Crippen LogP contribution in [0.4, 0.5) is 11.4 Å². The van der Waals surface area contributed by atoms with Crippen LogP contribution in [0.15, 0.2) is 18.2 Å². The van der Waals surface area contributed by atoms with E-state index < -0.39 is 4.92 Å². The summed E-state index contributed by atoms with van der Waals surface area (Å²) in [5, 5.41) is 10.7. The van der Waals surface area contributed by atoms with Gasteiger partial charge >= 0.3 is 0 Å². The zero-order valence-electron chi connectivity index (χ0n) is 12.3. The average molecular weight is 279 g/mol. The molecule has 1 atom stereocenters. The summed E-state index contributed by atoms with van der Waals surface area (Å²) in [5.41, 5.74) is 5.80. The van der Waals surface area contributed by atoms with Gasteiger partial charge in [0.1, 0.15) is 5.69 Å². The van der Waals surface area contributed by atoms with E-state index in [1.807, 2.05) is 6.92 Å². The van der Waals surface area contributed by atoms with Crippen LogP contribution in [0.5, 0.6) is 0 Å². The van der Waals surface area contributed by atoms with Crippen LogP contribution in [0, 0.1) is 16.0 Å². The second-order valence-electron chi connectivity index (χ2n) is 5.43. The molecule has 6 heteroatoms. The number of hydrogen-bond acceptors (Lipinski definition) is 4. The van der Waals surface area contributed by atoms with Gasteiger partial charge in [0, 0.05) is 24.7 Å². The zero-order chi connectivity index (χ0) is 15.4. The van der Waals surface area contributed by atoms with Crippen molar-refractivity contribution in [3.05, 3.63) is 33.9 Å². The van der Waals surface area contributed by atoms with Crippen LogP contribution in [0.3, 0.4) is 0 Å². The fourth-order valence-corrected chi connectivity index (χ4v) is 2.10. The standard InChI is InChI=1S/C14H21N3O3/c1-9(2)7-10(3)16(4)14(18)11-5-6-13(17(19)20)12(15)8-11/h5-6,8-10H,7,15H2,1-4H3. The van der Waals surface area contributed by atoms with Gasteiger partial charge in [-0.05, 0) is 31.4 Å². The van der Waals surface area contributed by atoms with Gasteiger partial charge in [-0.15, -0.1) is 0 Å². The molecule has 0 saturated heterocycles. The Balaban J connectivity index is 2.92. The Morgan fingerprint density at radius 3 is 2.45 bits per heavy atom. The SMILES string of the molecule is CC(C)CC(C)N(C)C(=O)c1ccc([N+](=O)[O-])c(N)c1. The molecule has 0 fully saturated rings. The van der Waals surface area contributed by atoms with E-state index in [0.717, 1.165) is 6.42 Å². The molecule has 6 nitrogen and oxygen atoms in total. The summed E-state index contributed by atoms with van der Waals surface area (Å²) in [4.78, 5) is 24.1. The quantitative estimate of drug-likeness (QED) is 0.509. The highest BCUT2D eigenvalue weighted by molar-refractivity contribution is 5.95. The molecule has 0 radical (unpaired) electrons. The Morgan fingerprint density at radius 1 is 1.40 bits per heavy atom. The van der Waals surface area contributed by atoms with Crippen molar-refractivity contribution in [2.45, 2.75) is 33.2 Å². The Labute approximate surface area is 118 Å². The van der Waals surface area contributed by atoms with Gasteiger partial charge in [0.05, 0.1) is 4.92 Å². The number of carbonyl (C=O) groups excluding carboxylic acids is 1. The van der Waals surface area contributed by atoms with Gasteiger partial charge in [0.2, 0.25) is 0 Å². The number of carbonyl (C=O) groups is 1. The fraction of sp³-hybridized carbons (Fsp3) is 0.500. The molecule has 0 bridgehead atoms. The average Bonchev–Trinajstić information content (AvgIpc) is 2.35. The van der Waals surface area contributed by atoms with E-state index >= 15 is 0 Å². The van der Waals surface area contributed by atoms with Crippen LogP contribution in [-0.4, -0.2) is 28.8 Å². The van der Waals surface area contributed by atoms with Crippen LogP contribution in [-0.2, 0) is 0 Å². The molecule has 1 amide bonds. The normalized spacial score (nSPS) is 12.2. The predicted molar refractivity (Wildman–Crippen MR) is 78.5 cm³/mol. The molecule has 1 aromatic rings. The van der Waals surface area contributed by atoms with E-state index in [2.05, 4.69) is 13.8 Å². The maximum atomic E-state index is 12.3. The van der Waals surface area contributed by atoms with Crippen molar-refractivity contribution in [3.8, 4) is 0 Å². The molecule has 110 valence electrons. The highest BCUT2D eigenvalue weighted by Crippen LogP contribution is 2.23. The summed E-state index contributed by atoms with van der Waals surface area (Å²) >= 11 is 0. The monoisotopic (exact) mass is 279 g/mol. The summed E-state index contributed by atoms with van der Waals surface area (Å²) in [5.74, 6) is 0.307. The topological polar surface area (TPSA) is 89.5 Å². The van der Waals surface area contributed by atoms with Crippen LogP contribution in [0.1, 0.15) is 37.6 Å². The van der Waals surface area contributed by atoms with Crippen molar-refractivity contribution in [2.24, 2.45) is 5.92 Å². The van der Waals surface area contributed by atoms with Gasteiger partial charge < -0.3 is 10.6 Å². The lowest BCUT2D eigenvalue weighted by atomic mass is 10.0. The van der Waals surface area contributed by atoms with Gasteiger partial charge in [0.25, 0.3) is 11.6 Å². The predicted octanol–water partition coefficient (Wildman–Crippen LogP) is 2.68. The van der Waals surface area contributed by atoms with Crippen molar-refractivity contribution in [3.63, 3.8) is 0 Å². The molecule has 0 aliphatic rings. The number of nitro benzene ring substituents is 1. The van der Waals surface area contributed by atoms with Crippen molar-refractivity contribution in [2.75, 3.05) is 12.8 Å². The van der Waals surface area contributed by atoms with Gasteiger partial charge in [-0.25, -0.2) is 0 Å². The molecular formula is C14H21N3O3. The molecular weight excluding hydrogens is 258 g/mol. The number of nitrogens with two attached hydrogens (primary N) is 1. The number of amides is 1. The van der Waals surface area contributed by atoms with Crippen LogP contribution in [0.2, 0.25) is 0 Å². The van der Waals surface area contributed by atoms with Crippen molar-refractivity contribution < 1.29 is 9.72 Å². The number of benzene rings is 1. The molecule has 1 rings (SSSR count). The second-order valence-corrected chi connectivity index (χ2v) is 5.43. The number of anilines is 1. The molecule has 2 N–H and O–H groups in total. The third-order valence-corrected chi connectivity index (χ3v) is 3.27. The van der Waals surface area contributed by atoms with Crippen LogP contribution >= 0.6 is 0 Å². The Hall–Kier alpha value is -2.11. The highest BCUT2D eigenvalue weighted by atomic mass is 16.6. The van der Waals surface area contributed by atoms with Gasteiger partial charge in [-0.1, -0.05) is 13.8 Å². The van der Waals surface area contributed by atoms with Gasteiger partial charge in [-0.3, -0.25) is 14.9 Å². The van der Waals surface area contributed by atoms with Gasteiger partial charge in [-0.2, -0.15) is 0 Å². The minimum Gasteiger partial charge on any atom is -0.393 e. The minimum absolute atomic E-state index is 0.00534. The lowest BCUT2D eigenvalue weighted by molar-refractivity contribution is -0.383. The highest BCUT2D eigenvalue weighted by Gasteiger charge is 2.20. The number of rotatable bonds is 5. The molecule has 0 spiro atoms. The third kappa shape index (κ3) is 3.69. The van der Waals surface area contributed by atoms with E-state index in [9.17, 15) is 14.9 Å². The Kier molecular flexibility index (Phi) is 5.07. The first kappa shape index (κ1) is 15.9. The fourth-order valence-electron chi connectivity index (χ4n) is 2.10. The maximum Gasteiger partial charge on any atom is 0.292 e.